The van der Waals surface area contributed by atoms with E-state index in [0.717, 1.165) is 32.1 Å². The van der Waals surface area contributed by atoms with Crippen molar-refractivity contribution in [2.45, 2.75) is 64.1 Å². The second kappa shape index (κ2) is 9.64. The zero-order valence-electron chi connectivity index (χ0n) is 22.4. The van der Waals surface area contributed by atoms with Gasteiger partial charge in [-0.2, -0.15) is 5.26 Å². The van der Waals surface area contributed by atoms with Crippen LogP contribution in [0.15, 0.2) is 54.5 Å². The van der Waals surface area contributed by atoms with Crippen LogP contribution in [-0.4, -0.2) is 22.1 Å². The number of halogens is 2. The van der Waals surface area contributed by atoms with E-state index in [2.05, 4.69) is 46.5 Å². The lowest BCUT2D eigenvalue weighted by molar-refractivity contribution is 0.260. The first kappa shape index (κ1) is 23.6. The molecule has 1 aromatic heterocycles. The summed E-state index contributed by atoms with van der Waals surface area (Å²) in [6, 6.07) is 10.9. The van der Waals surface area contributed by atoms with E-state index >= 15 is 0 Å². The zero-order valence-corrected chi connectivity index (χ0v) is 22.2. The number of hydrogen-bond donors (Lipinski definition) is 4. The number of fused-ring (bicyclic) bond motifs is 1. The minimum absolute atomic E-state index is 0.0853. The minimum atomic E-state index is -1.50. The molecule has 0 radical (unpaired) electrons. The first-order chi connectivity index (χ1) is 18.7. The Balaban J connectivity index is 1.44. The van der Waals surface area contributed by atoms with Gasteiger partial charge < -0.3 is 16.1 Å². The molecule has 2 aliphatic carbocycles. The Labute approximate surface area is 228 Å². The molecule has 0 bridgehead atoms. The number of pyridine rings is 1. The summed E-state index contributed by atoms with van der Waals surface area (Å²) in [5.74, 6) is -0.374. The normalized spacial score (nSPS) is 22.3. The van der Waals surface area contributed by atoms with E-state index in [9.17, 15) is 11.0 Å². The SMILES string of the molecule is [2H][C@](Nc1cc(Cl)c2ncc(C#N)c(NC3CCCC3(C)C)c2c1)(C1=CN(C2CC2)NN1)c1ccc(F)cc1. The largest absolute Gasteiger partial charge is 0.380 e. The molecule has 2 saturated carbocycles. The van der Waals surface area contributed by atoms with E-state index in [-0.39, 0.29) is 17.3 Å². The lowest BCUT2D eigenvalue weighted by atomic mass is 9.87. The predicted molar refractivity (Wildman–Crippen MR) is 148 cm³/mol. The van der Waals surface area contributed by atoms with Crippen molar-refractivity contribution in [2.75, 3.05) is 10.6 Å². The van der Waals surface area contributed by atoms with E-state index in [4.69, 9.17) is 11.6 Å². The molecule has 0 saturated heterocycles. The summed E-state index contributed by atoms with van der Waals surface area (Å²) in [6.07, 6.45) is 8.84. The number of benzene rings is 2. The summed E-state index contributed by atoms with van der Waals surface area (Å²) < 4.78 is 23.4. The van der Waals surface area contributed by atoms with Crippen molar-refractivity contribution >= 4 is 33.9 Å². The highest BCUT2D eigenvalue weighted by Gasteiger charge is 2.35. The topological polar surface area (TPSA) is 88.0 Å². The van der Waals surface area contributed by atoms with Crippen molar-refractivity contribution in [1.29, 1.82) is 5.26 Å². The lowest BCUT2D eigenvalue weighted by Gasteiger charge is -2.29. The Bertz CT molecular complexity index is 1500. The van der Waals surface area contributed by atoms with Crippen LogP contribution in [0.2, 0.25) is 5.02 Å². The molecule has 1 aliphatic heterocycles. The number of anilines is 2. The minimum Gasteiger partial charge on any atom is -0.380 e. The van der Waals surface area contributed by atoms with Gasteiger partial charge in [-0.25, -0.2) is 4.39 Å². The second-order valence-electron chi connectivity index (χ2n) is 11.0. The van der Waals surface area contributed by atoms with Crippen molar-refractivity contribution in [3.63, 3.8) is 0 Å². The lowest BCUT2D eigenvalue weighted by Crippen LogP contribution is -2.38. The van der Waals surface area contributed by atoms with Gasteiger partial charge in [-0.1, -0.05) is 44.0 Å². The van der Waals surface area contributed by atoms with Crippen molar-refractivity contribution < 1.29 is 5.76 Å². The Morgan fingerprint density at radius 2 is 2.05 bits per heavy atom. The van der Waals surface area contributed by atoms with Gasteiger partial charge in [-0.15, -0.1) is 5.53 Å². The van der Waals surface area contributed by atoms with Gasteiger partial charge in [-0.3, -0.25) is 9.99 Å². The molecular weight excluding hydrogens is 501 g/mol. The van der Waals surface area contributed by atoms with Gasteiger partial charge in [0.05, 0.1) is 34.9 Å². The van der Waals surface area contributed by atoms with Gasteiger partial charge in [0, 0.05) is 35.6 Å². The fourth-order valence-corrected chi connectivity index (χ4v) is 5.67. The number of hydrogen-bond acceptors (Lipinski definition) is 7. The third kappa shape index (κ3) is 4.72. The van der Waals surface area contributed by atoms with E-state index in [1.54, 1.807) is 24.4 Å². The van der Waals surface area contributed by atoms with E-state index in [1.807, 2.05) is 17.3 Å². The summed E-state index contributed by atoms with van der Waals surface area (Å²) in [5, 5.41) is 20.0. The third-order valence-electron chi connectivity index (χ3n) is 7.82. The van der Waals surface area contributed by atoms with E-state index in [1.165, 1.54) is 12.1 Å². The standard InChI is InChI=1S/C29H31ClFN7/c1-29(2)11-3-4-25(29)35-26-18(14-32)15-33-28-22(26)12-20(13-23(28)30)34-27(17-5-7-19(31)8-6-17)24-16-38(37-36-24)21-9-10-21/h5-8,12-13,15-16,21,25,27,34,36-37H,3-4,9-11H2,1-2H3,(H,33,35)/t25?,27-/m1/s1/i27D. The molecule has 9 heteroatoms. The summed E-state index contributed by atoms with van der Waals surface area (Å²) in [6.45, 7) is 4.48. The van der Waals surface area contributed by atoms with Gasteiger partial charge >= 0.3 is 0 Å². The highest BCUT2D eigenvalue weighted by atomic mass is 35.5. The van der Waals surface area contributed by atoms with Crippen molar-refractivity contribution in [2.24, 2.45) is 5.41 Å². The van der Waals surface area contributed by atoms with Crippen LogP contribution in [0.5, 0.6) is 0 Å². The number of nitrogens with zero attached hydrogens (tertiary/aromatic N) is 3. The molecule has 0 spiro atoms. The molecule has 1 unspecified atom stereocenters. The average molecular weight is 533 g/mol. The van der Waals surface area contributed by atoms with Gasteiger partial charge in [0.2, 0.25) is 0 Å². The summed E-state index contributed by atoms with van der Waals surface area (Å²) >= 11 is 6.76. The fourth-order valence-electron chi connectivity index (χ4n) is 5.40. The molecule has 196 valence electrons. The van der Waals surface area contributed by atoms with Crippen LogP contribution in [0.25, 0.3) is 10.9 Å². The van der Waals surface area contributed by atoms with Crippen LogP contribution >= 0.6 is 11.6 Å². The average Bonchev–Trinajstić information content (AvgIpc) is 3.53. The molecule has 0 amide bonds. The van der Waals surface area contributed by atoms with Crippen LogP contribution in [0, 0.1) is 22.6 Å². The fraction of sp³-hybridized carbons (Fsp3) is 0.379. The summed E-state index contributed by atoms with van der Waals surface area (Å²) in [7, 11) is 0. The molecule has 2 atom stereocenters. The van der Waals surface area contributed by atoms with Crippen LogP contribution in [0.1, 0.15) is 64.5 Å². The van der Waals surface area contributed by atoms with Gasteiger partial charge in [-0.05, 0) is 60.9 Å². The van der Waals surface area contributed by atoms with Crippen molar-refractivity contribution in [3.05, 3.63) is 76.5 Å². The summed E-state index contributed by atoms with van der Waals surface area (Å²) in [4.78, 5) is 4.49. The van der Waals surface area contributed by atoms with Crippen molar-refractivity contribution in [1.82, 2.24) is 21.0 Å². The number of nitriles is 1. The van der Waals surface area contributed by atoms with Crippen LogP contribution < -0.4 is 21.6 Å². The first-order valence-corrected chi connectivity index (χ1v) is 13.4. The molecule has 38 heavy (non-hydrogen) atoms. The number of aromatic nitrogens is 1. The maximum absolute atomic E-state index is 13.8. The van der Waals surface area contributed by atoms with Gasteiger partial charge in [0.25, 0.3) is 0 Å². The second-order valence-corrected chi connectivity index (χ2v) is 11.4. The first-order valence-electron chi connectivity index (χ1n) is 13.5. The molecule has 7 nitrogen and oxygen atoms in total. The molecule has 6 rings (SSSR count). The number of nitrogens with one attached hydrogen (secondary N) is 4. The Morgan fingerprint density at radius 3 is 2.74 bits per heavy atom. The quantitative estimate of drug-likeness (QED) is 0.281. The molecule has 2 fully saturated rings. The molecule has 4 N–H and O–H groups in total. The summed E-state index contributed by atoms with van der Waals surface area (Å²) in [5.41, 5.74) is 9.76. The monoisotopic (exact) mass is 532 g/mol. The van der Waals surface area contributed by atoms with Gasteiger partial charge in [0.1, 0.15) is 11.9 Å². The molecule has 2 aromatic carbocycles. The maximum atomic E-state index is 13.8. The molecule has 3 aliphatic rings. The van der Waals surface area contributed by atoms with E-state index < -0.39 is 6.02 Å². The highest BCUT2D eigenvalue weighted by molar-refractivity contribution is 6.35. The van der Waals surface area contributed by atoms with Crippen LogP contribution in [0.3, 0.4) is 0 Å². The number of rotatable bonds is 7. The zero-order chi connectivity index (χ0) is 27.4. The number of hydrazine groups is 2. The molecular formula is C29H31ClFN7. The molecule has 3 aromatic rings. The Morgan fingerprint density at radius 1 is 1.26 bits per heavy atom. The maximum Gasteiger partial charge on any atom is 0.123 e. The van der Waals surface area contributed by atoms with Crippen LogP contribution in [0.4, 0.5) is 15.8 Å². The Kier molecular flexibility index (Phi) is 5.98. The highest BCUT2D eigenvalue weighted by Crippen LogP contribution is 2.42. The third-order valence-corrected chi connectivity index (χ3v) is 8.11. The van der Waals surface area contributed by atoms with Gasteiger partial charge in [0.15, 0.2) is 0 Å². The van der Waals surface area contributed by atoms with Crippen LogP contribution in [-0.2, 0) is 0 Å². The predicted octanol–water partition coefficient (Wildman–Crippen LogP) is 6.37. The molecule has 2 heterocycles. The smallest absolute Gasteiger partial charge is 0.123 e. The van der Waals surface area contributed by atoms with Crippen molar-refractivity contribution in [3.8, 4) is 6.07 Å². The Hall–Kier alpha value is -3.54. The van der Waals surface area contributed by atoms with E-state index in [0.29, 0.717) is 50.2 Å².